The number of carbonyl (C=O) groups is 1. The molecule has 0 fully saturated rings. The number of aromatic hydroxyl groups is 2. The van der Waals surface area contributed by atoms with E-state index < -0.39 is 0 Å². The van der Waals surface area contributed by atoms with Crippen molar-refractivity contribution in [3.63, 3.8) is 0 Å². The smallest absolute Gasteiger partial charge is 0.338 e. The topological polar surface area (TPSA) is 100 Å². The zero-order valence-corrected chi connectivity index (χ0v) is 31.2. The maximum absolute atomic E-state index is 13.6. The van der Waals surface area contributed by atoms with Gasteiger partial charge in [0.15, 0.2) is 0 Å². The van der Waals surface area contributed by atoms with Crippen molar-refractivity contribution in [2.24, 2.45) is 4.99 Å². The minimum Gasteiger partial charge on any atom is -0.508 e. The number of nitrogens with one attached hydrogen (secondary N) is 1. The normalized spacial score (nSPS) is 16.2. The highest BCUT2D eigenvalue weighted by Crippen LogP contribution is 2.46. The molecule has 51 heavy (non-hydrogen) atoms. The quantitative estimate of drug-likeness (QED) is 0.0834. The molecule has 1 aliphatic heterocycles. The van der Waals surface area contributed by atoms with Gasteiger partial charge in [0.05, 0.1) is 12.2 Å². The second-order valence-electron chi connectivity index (χ2n) is 13.7. The molecule has 7 nitrogen and oxygen atoms in total. The monoisotopic (exact) mass is 690 g/mol. The molecule has 1 unspecified atom stereocenters. The number of hydrogen-bond acceptors (Lipinski definition) is 7. The molecule has 2 aliphatic rings. The van der Waals surface area contributed by atoms with Crippen LogP contribution in [-0.4, -0.2) is 47.7 Å². The lowest BCUT2D eigenvalue weighted by molar-refractivity contribution is 0.0497. The lowest BCUT2D eigenvalue weighted by Gasteiger charge is -2.35. The summed E-state index contributed by atoms with van der Waals surface area (Å²) in [5.41, 5.74) is 10.9. The number of hydrogen-bond donors (Lipinski definition) is 3. The van der Waals surface area contributed by atoms with Gasteiger partial charge in [-0.15, -0.1) is 0 Å². The average Bonchev–Trinajstić information content (AvgIpc) is 3.12. The number of unbranched alkanes of at least 4 members (excludes halogenated alkanes) is 6. The lowest BCUT2D eigenvalue weighted by atomic mass is 9.80. The van der Waals surface area contributed by atoms with Crippen LogP contribution >= 0.6 is 0 Å². The predicted molar refractivity (Wildman–Crippen MR) is 209 cm³/mol. The first-order valence-electron chi connectivity index (χ1n) is 18.6. The standard InChI is InChI=1S/C44H54N2O5/c1-7-45-37-26-40-35(23-28(37)3)42(36-24-29(4)38(46-8-2)27-41(36)51-40)33-20-16-17-21-34(33)44(49)50-22-18-14-12-10-9-11-13-15-19-32-25-39(47)30(5)31(6)43(32)48/h15-17,19-21,23-26,41,45,47-48H,7-14,18,22,27H2,1-6H3/b19-15+,46-38?. The Hall–Kier alpha value is -4.78. The average molecular weight is 691 g/mol. The summed E-state index contributed by atoms with van der Waals surface area (Å²) in [4.78, 5) is 18.4. The summed E-state index contributed by atoms with van der Waals surface area (Å²) >= 11 is 0. The number of carbonyl (C=O) groups excluding carboxylic acids is 1. The molecule has 0 radical (unpaired) electrons. The summed E-state index contributed by atoms with van der Waals surface area (Å²) in [6.45, 7) is 13.9. The number of aryl methyl sites for hydroxylation is 1. The SMILES string of the molecule is CCN=C1CC2Oc3cc(NCC)c(C)cc3C(c3ccccc3C(=O)OCCCCCCCC/C=C/c3cc(O)c(C)c(C)c3O)=C2C=C1C. The molecule has 5 rings (SSSR count). The number of ether oxygens (including phenoxy) is 2. The molecule has 270 valence electrons. The highest BCUT2D eigenvalue weighted by Gasteiger charge is 2.34. The third-order valence-corrected chi connectivity index (χ3v) is 10.0. The van der Waals surface area contributed by atoms with Crippen molar-refractivity contribution in [2.45, 2.75) is 99.0 Å². The number of anilines is 1. The molecule has 0 amide bonds. The fourth-order valence-corrected chi connectivity index (χ4v) is 6.99. The van der Waals surface area contributed by atoms with E-state index in [1.807, 2.05) is 37.3 Å². The minimum absolute atomic E-state index is 0.195. The number of nitrogens with zero attached hydrogens (tertiary/aromatic N) is 1. The molecule has 1 heterocycles. The van der Waals surface area contributed by atoms with Gasteiger partial charge in [0.1, 0.15) is 23.4 Å². The van der Waals surface area contributed by atoms with E-state index in [-0.39, 0.29) is 23.6 Å². The summed E-state index contributed by atoms with van der Waals surface area (Å²) in [5, 5.41) is 23.9. The molecular weight excluding hydrogens is 636 g/mol. The van der Waals surface area contributed by atoms with Gasteiger partial charge in [-0.2, -0.15) is 0 Å². The summed E-state index contributed by atoms with van der Waals surface area (Å²) in [6.07, 6.45) is 13.7. The lowest BCUT2D eigenvalue weighted by Crippen LogP contribution is -2.31. The first-order chi connectivity index (χ1) is 24.6. The number of fused-ring (bicyclic) bond motifs is 2. The first-order valence-corrected chi connectivity index (χ1v) is 18.6. The Morgan fingerprint density at radius 1 is 0.961 bits per heavy atom. The predicted octanol–water partition coefficient (Wildman–Crippen LogP) is 10.4. The Bertz CT molecular complexity index is 1870. The molecule has 7 heteroatoms. The molecule has 0 spiro atoms. The van der Waals surface area contributed by atoms with Crippen LogP contribution in [0.3, 0.4) is 0 Å². The Morgan fingerprint density at radius 3 is 2.47 bits per heavy atom. The van der Waals surface area contributed by atoms with Crippen LogP contribution in [0.4, 0.5) is 5.69 Å². The highest BCUT2D eigenvalue weighted by atomic mass is 16.5. The van der Waals surface area contributed by atoms with Crippen molar-refractivity contribution in [1.82, 2.24) is 0 Å². The molecule has 0 aromatic heterocycles. The van der Waals surface area contributed by atoms with Gasteiger partial charge in [-0.1, -0.05) is 56.0 Å². The molecule has 1 aliphatic carbocycles. The van der Waals surface area contributed by atoms with Crippen molar-refractivity contribution in [1.29, 1.82) is 0 Å². The van der Waals surface area contributed by atoms with Crippen molar-refractivity contribution in [3.05, 3.63) is 105 Å². The fourth-order valence-electron chi connectivity index (χ4n) is 6.99. The van der Waals surface area contributed by atoms with E-state index in [1.54, 1.807) is 13.0 Å². The van der Waals surface area contributed by atoms with Crippen molar-refractivity contribution < 1.29 is 24.5 Å². The van der Waals surface area contributed by atoms with Gasteiger partial charge >= 0.3 is 5.97 Å². The number of phenols is 2. The maximum atomic E-state index is 13.6. The van der Waals surface area contributed by atoms with Crippen LogP contribution in [-0.2, 0) is 4.74 Å². The van der Waals surface area contributed by atoms with Crippen molar-refractivity contribution >= 4 is 29.0 Å². The van der Waals surface area contributed by atoms with Crippen LogP contribution < -0.4 is 10.1 Å². The first kappa shape index (κ1) is 37.5. The largest absolute Gasteiger partial charge is 0.508 e. The number of aliphatic imine (C=N–C) groups is 1. The molecule has 1 atom stereocenters. The molecular formula is C44H54N2O5. The van der Waals surface area contributed by atoms with E-state index in [4.69, 9.17) is 14.5 Å². The number of allylic oxidation sites excluding steroid dienone is 2. The molecule has 3 aromatic carbocycles. The van der Waals surface area contributed by atoms with Gasteiger partial charge in [-0.25, -0.2) is 4.79 Å². The van der Waals surface area contributed by atoms with Gasteiger partial charge in [0.2, 0.25) is 0 Å². The van der Waals surface area contributed by atoms with Crippen LogP contribution in [0.1, 0.15) is 116 Å². The third-order valence-electron chi connectivity index (χ3n) is 10.0. The van der Waals surface area contributed by atoms with Gasteiger partial charge in [0, 0.05) is 59.2 Å². The van der Waals surface area contributed by atoms with Crippen molar-refractivity contribution in [2.75, 3.05) is 25.0 Å². The van der Waals surface area contributed by atoms with E-state index in [9.17, 15) is 15.0 Å². The van der Waals surface area contributed by atoms with Crippen molar-refractivity contribution in [3.8, 4) is 17.2 Å². The van der Waals surface area contributed by atoms with Gasteiger partial charge < -0.3 is 25.0 Å². The van der Waals surface area contributed by atoms with E-state index in [0.717, 1.165) is 109 Å². The second-order valence-corrected chi connectivity index (χ2v) is 13.7. The molecule has 0 saturated heterocycles. The molecule has 0 bridgehead atoms. The number of rotatable bonds is 15. The van der Waals surface area contributed by atoms with Gasteiger partial charge in [0.25, 0.3) is 0 Å². The van der Waals surface area contributed by atoms with Gasteiger partial charge in [-0.05, 0) is 113 Å². The fraction of sp³-hybridized carbons (Fsp3) is 0.409. The Balaban J connectivity index is 1.20. The summed E-state index contributed by atoms with van der Waals surface area (Å²) in [6, 6.07) is 13.7. The number of phenolic OH excluding ortho intramolecular Hbond substituents is 2. The van der Waals surface area contributed by atoms with E-state index in [0.29, 0.717) is 35.3 Å². The van der Waals surface area contributed by atoms with E-state index in [2.05, 4.69) is 57.3 Å². The second kappa shape index (κ2) is 17.4. The number of esters is 1. The zero-order chi connectivity index (χ0) is 36.5. The highest BCUT2D eigenvalue weighted by molar-refractivity contribution is 6.06. The number of benzene rings is 3. The zero-order valence-electron chi connectivity index (χ0n) is 31.2. The Morgan fingerprint density at radius 2 is 1.71 bits per heavy atom. The molecule has 0 saturated carbocycles. The summed E-state index contributed by atoms with van der Waals surface area (Å²) < 4.78 is 12.5. The van der Waals surface area contributed by atoms with Crippen LogP contribution in [0.25, 0.3) is 11.6 Å². The van der Waals surface area contributed by atoms with Crippen LogP contribution in [0.5, 0.6) is 17.2 Å². The summed E-state index contributed by atoms with van der Waals surface area (Å²) in [7, 11) is 0. The molecule has 3 aromatic rings. The van der Waals surface area contributed by atoms with E-state index >= 15 is 0 Å². The Labute approximate surface area is 303 Å². The van der Waals surface area contributed by atoms with Gasteiger partial charge in [-0.3, -0.25) is 4.99 Å². The van der Waals surface area contributed by atoms with E-state index in [1.165, 1.54) is 0 Å². The van der Waals surface area contributed by atoms with Crippen LogP contribution in [0.2, 0.25) is 0 Å². The summed E-state index contributed by atoms with van der Waals surface area (Å²) in [5.74, 6) is 0.944. The molecule has 3 N–H and O–H groups in total. The third kappa shape index (κ3) is 8.76. The Kier molecular flexibility index (Phi) is 12.8. The van der Waals surface area contributed by atoms with Crippen LogP contribution in [0, 0.1) is 20.8 Å². The minimum atomic E-state index is -0.302. The maximum Gasteiger partial charge on any atom is 0.338 e. The van der Waals surface area contributed by atoms with Crippen LogP contribution in [0.15, 0.2) is 70.8 Å².